The molecule has 7 nitrogen and oxygen atoms in total. The molecule has 2 rings (SSSR count). The molecule has 1 heterocycles. The number of nitrogens with zero attached hydrogens (tertiary/aromatic N) is 1. The van der Waals surface area contributed by atoms with Crippen molar-refractivity contribution in [3.63, 3.8) is 0 Å². The fourth-order valence-corrected chi connectivity index (χ4v) is 3.69. The molecule has 1 aromatic rings. The minimum atomic E-state index is -3.15. The van der Waals surface area contributed by atoms with Crippen molar-refractivity contribution < 1.29 is 18.0 Å². The highest BCUT2D eigenvalue weighted by atomic mass is 32.2. The number of sulfonamides is 1. The van der Waals surface area contributed by atoms with E-state index in [1.54, 1.807) is 0 Å². The molecule has 0 saturated carbocycles. The summed E-state index contributed by atoms with van der Waals surface area (Å²) in [7, 11) is -3.15. The number of rotatable bonds is 4. The summed E-state index contributed by atoms with van der Waals surface area (Å²) in [6, 6.07) is 5.65. The van der Waals surface area contributed by atoms with Crippen LogP contribution in [0, 0.1) is 19.8 Å². The van der Waals surface area contributed by atoms with E-state index < -0.39 is 21.8 Å². The van der Waals surface area contributed by atoms with Gasteiger partial charge in [0.15, 0.2) is 0 Å². The summed E-state index contributed by atoms with van der Waals surface area (Å²) < 4.78 is 24.4. The average Bonchev–Trinajstić information content (AvgIpc) is 2.55. The molecule has 8 heteroatoms. The maximum absolute atomic E-state index is 12.0. The van der Waals surface area contributed by atoms with E-state index in [4.69, 9.17) is 0 Å². The molecule has 1 aromatic carbocycles. The van der Waals surface area contributed by atoms with E-state index in [2.05, 4.69) is 10.6 Å². The van der Waals surface area contributed by atoms with Crippen molar-refractivity contribution in [2.45, 2.75) is 26.7 Å². The van der Waals surface area contributed by atoms with E-state index in [9.17, 15) is 18.0 Å². The van der Waals surface area contributed by atoms with E-state index in [0.717, 1.165) is 11.1 Å². The van der Waals surface area contributed by atoms with Crippen LogP contribution in [0.3, 0.4) is 0 Å². The van der Waals surface area contributed by atoms with Gasteiger partial charge in [0, 0.05) is 25.3 Å². The molecule has 2 N–H and O–H groups in total. The number of benzene rings is 1. The Balaban J connectivity index is 1.80. The summed E-state index contributed by atoms with van der Waals surface area (Å²) in [5, 5.41) is 5.27. The summed E-state index contributed by atoms with van der Waals surface area (Å²) in [4.78, 5) is 24.0. The molecule has 1 aliphatic rings. The summed E-state index contributed by atoms with van der Waals surface area (Å²) in [5.74, 6) is -1.19. The lowest BCUT2D eigenvalue weighted by Crippen LogP contribution is -2.43. The second kappa shape index (κ2) is 7.97. The van der Waals surface area contributed by atoms with Crippen LogP contribution in [-0.4, -0.2) is 50.4 Å². The van der Waals surface area contributed by atoms with Gasteiger partial charge < -0.3 is 10.6 Å². The number of piperidine rings is 1. The van der Waals surface area contributed by atoms with Crippen LogP contribution in [0.5, 0.6) is 0 Å². The average molecular weight is 367 g/mol. The molecule has 0 aromatic heterocycles. The van der Waals surface area contributed by atoms with E-state index in [1.807, 2.05) is 32.0 Å². The van der Waals surface area contributed by atoms with Gasteiger partial charge in [-0.3, -0.25) is 9.59 Å². The monoisotopic (exact) mass is 367 g/mol. The quantitative estimate of drug-likeness (QED) is 0.777. The molecule has 0 unspecified atom stereocenters. The van der Waals surface area contributed by atoms with Gasteiger partial charge in [-0.15, -0.1) is 0 Å². The Hall–Kier alpha value is -1.93. The number of hydrogen-bond acceptors (Lipinski definition) is 4. The molecule has 1 aliphatic heterocycles. The smallest absolute Gasteiger partial charge is 0.313 e. The highest BCUT2D eigenvalue weighted by Crippen LogP contribution is 2.18. The first-order chi connectivity index (χ1) is 11.7. The zero-order chi connectivity index (χ0) is 18.6. The number of anilines is 1. The van der Waals surface area contributed by atoms with Crippen LogP contribution < -0.4 is 10.6 Å². The molecule has 1 saturated heterocycles. The third-order valence-corrected chi connectivity index (χ3v) is 5.74. The largest absolute Gasteiger partial charge is 0.348 e. The number of nitrogens with one attached hydrogen (secondary N) is 2. The molecular formula is C17H25N3O4S. The molecular weight excluding hydrogens is 342 g/mol. The zero-order valence-corrected chi connectivity index (χ0v) is 15.6. The van der Waals surface area contributed by atoms with Gasteiger partial charge in [0.25, 0.3) is 0 Å². The first-order valence-electron chi connectivity index (χ1n) is 8.28. The lowest BCUT2D eigenvalue weighted by Gasteiger charge is -2.30. The SMILES string of the molecule is Cc1ccc(C)c(NC(=O)C(=O)NCC2CCN(S(C)(=O)=O)CC2)c1. The Labute approximate surface area is 148 Å². The fraction of sp³-hybridized carbons (Fsp3) is 0.529. The summed E-state index contributed by atoms with van der Waals surface area (Å²) in [5.41, 5.74) is 2.51. The second-order valence-corrected chi connectivity index (χ2v) is 8.57. The summed E-state index contributed by atoms with van der Waals surface area (Å²) in [6.45, 7) is 5.05. The Kier molecular flexibility index (Phi) is 6.18. The van der Waals surface area contributed by atoms with Crippen LogP contribution in [0.25, 0.3) is 0 Å². The van der Waals surface area contributed by atoms with Gasteiger partial charge in [0.1, 0.15) is 0 Å². The van der Waals surface area contributed by atoms with Crippen LogP contribution in [0.2, 0.25) is 0 Å². The van der Waals surface area contributed by atoms with Crippen LogP contribution in [0.4, 0.5) is 5.69 Å². The van der Waals surface area contributed by atoms with E-state index in [-0.39, 0.29) is 5.92 Å². The van der Waals surface area contributed by atoms with Gasteiger partial charge >= 0.3 is 11.8 Å². The first-order valence-corrected chi connectivity index (χ1v) is 10.1. The van der Waals surface area contributed by atoms with Crippen molar-refractivity contribution in [1.29, 1.82) is 0 Å². The van der Waals surface area contributed by atoms with Crippen molar-refractivity contribution in [2.24, 2.45) is 5.92 Å². The van der Waals surface area contributed by atoms with Gasteiger partial charge in [0.05, 0.1) is 6.26 Å². The predicted octanol–water partition coefficient (Wildman–Crippen LogP) is 1.03. The Bertz CT molecular complexity index is 753. The Morgan fingerprint density at radius 2 is 1.80 bits per heavy atom. The molecule has 1 fully saturated rings. The topological polar surface area (TPSA) is 95.6 Å². The highest BCUT2D eigenvalue weighted by molar-refractivity contribution is 7.88. The maximum Gasteiger partial charge on any atom is 0.313 e. The van der Waals surface area contributed by atoms with Crippen LogP contribution >= 0.6 is 0 Å². The lowest BCUT2D eigenvalue weighted by molar-refractivity contribution is -0.136. The zero-order valence-electron chi connectivity index (χ0n) is 14.8. The molecule has 0 bridgehead atoms. The van der Waals surface area contributed by atoms with Gasteiger partial charge in [-0.1, -0.05) is 12.1 Å². The fourth-order valence-electron chi connectivity index (χ4n) is 2.81. The molecule has 0 aliphatic carbocycles. The van der Waals surface area contributed by atoms with Gasteiger partial charge in [-0.25, -0.2) is 12.7 Å². The summed E-state index contributed by atoms with van der Waals surface area (Å²) in [6.07, 6.45) is 2.55. The third-order valence-electron chi connectivity index (χ3n) is 4.44. The Morgan fingerprint density at radius 3 is 2.40 bits per heavy atom. The standard InChI is InChI=1S/C17H25N3O4S/c1-12-4-5-13(2)15(10-12)19-17(22)16(21)18-11-14-6-8-20(9-7-14)25(3,23)24/h4-5,10,14H,6-9,11H2,1-3H3,(H,18,21)(H,19,22). The van der Waals surface area contributed by atoms with Gasteiger partial charge in [-0.2, -0.15) is 0 Å². The number of carbonyl (C=O) groups is 2. The van der Waals surface area contributed by atoms with Gasteiger partial charge in [-0.05, 0) is 49.8 Å². The normalized spacial score (nSPS) is 16.4. The predicted molar refractivity (Wildman–Crippen MR) is 96.7 cm³/mol. The van der Waals surface area contributed by atoms with Crippen LogP contribution in [0.1, 0.15) is 24.0 Å². The number of hydrogen-bond donors (Lipinski definition) is 2. The molecule has 2 amide bonds. The maximum atomic E-state index is 12.0. The van der Waals surface area contributed by atoms with Gasteiger partial charge in [0.2, 0.25) is 10.0 Å². The van der Waals surface area contributed by atoms with Crippen LogP contribution in [0.15, 0.2) is 18.2 Å². The van der Waals surface area contributed by atoms with Crippen molar-refractivity contribution in [3.8, 4) is 0 Å². The molecule has 25 heavy (non-hydrogen) atoms. The van der Waals surface area contributed by atoms with Crippen molar-refractivity contribution in [3.05, 3.63) is 29.3 Å². The molecule has 0 spiro atoms. The molecule has 138 valence electrons. The number of aryl methyl sites for hydroxylation is 2. The minimum absolute atomic E-state index is 0.176. The third kappa shape index (κ3) is 5.54. The highest BCUT2D eigenvalue weighted by Gasteiger charge is 2.25. The first kappa shape index (κ1) is 19.4. The lowest BCUT2D eigenvalue weighted by atomic mass is 9.98. The molecule has 0 atom stereocenters. The van der Waals surface area contributed by atoms with E-state index in [0.29, 0.717) is 38.2 Å². The van der Waals surface area contributed by atoms with Crippen molar-refractivity contribution >= 4 is 27.5 Å². The Morgan fingerprint density at radius 1 is 1.16 bits per heavy atom. The minimum Gasteiger partial charge on any atom is -0.348 e. The van der Waals surface area contributed by atoms with Crippen molar-refractivity contribution in [2.75, 3.05) is 31.2 Å². The molecule has 0 radical (unpaired) electrons. The van der Waals surface area contributed by atoms with Crippen molar-refractivity contribution in [1.82, 2.24) is 9.62 Å². The number of carbonyl (C=O) groups excluding carboxylic acids is 2. The van der Waals surface area contributed by atoms with E-state index in [1.165, 1.54) is 10.6 Å². The van der Waals surface area contributed by atoms with E-state index >= 15 is 0 Å². The summed E-state index contributed by atoms with van der Waals surface area (Å²) >= 11 is 0. The number of amides is 2. The second-order valence-electron chi connectivity index (χ2n) is 6.59. The van der Waals surface area contributed by atoms with Crippen LogP contribution in [-0.2, 0) is 19.6 Å².